The maximum absolute atomic E-state index is 14.5. The van der Waals surface area contributed by atoms with Gasteiger partial charge in [-0.25, -0.2) is 9.37 Å². The Morgan fingerprint density at radius 3 is 2.69 bits per heavy atom. The lowest BCUT2D eigenvalue weighted by molar-refractivity contribution is 0.100. The molecule has 3 rings (SSSR count). The first-order valence-electron chi connectivity index (χ1n) is 8.49. The molecular weight excluding hydrogens is 357 g/mol. The molecule has 2 aromatic rings. The highest BCUT2D eigenvalue weighted by atomic mass is 35.5. The molecule has 1 aliphatic carbocycles. The number of carbonyl (C=O) groups is 1. The van der Waals surface area contributed by atoms with Crippen LogP contribution in [0, 0.1) is 5.82 Å². The highest BCUT2D eigenvalue weighted by molar-refractivity contribution is 6.30. The van der Waals surface area contributed by atoms with Gasteiger partial charge in [-0.15, -0.1) is 0 Å². The first kappa shape index (κ1) is 18.4. The molecule has 0 aliphatic heterocycles. The molecular formula is C18H21ClFN5O. The number of hydrogen-bond acceptors (Lipinski definition) is 5. The molecule has 6 N–H and O–H groups in total. The number of aromatic nitrogens is 1. The van der Waals surface area contributed by atoms with Crippen molar-refractivity contribution in [2.24, 2.45) is 11.5 Å². The lowest BCUT2D eigenvalue weighted by atomic mass is 9.91. The molecule has 1 aromatic heterocycles. The molecule has 26 heavy (non-hydrogen) atoms. The molecule has 0 bridgehead atoms. The van der Waals surface area contributed by atoms with Crippen molar-refractivity contribution in [2.75, 3.05) is 10.6 Å². The minimum absolute atomic E-state index is 0.0408. The van der Waals surface area contributed by atoms with Crippen LogP contribution in [0.25, 0.3) is 0 Å². The fraction of sp³-hybridized carbons (Fsp3) is 0.333. The van der Waals surface area contributed by atoms with Crippen LogP contribution < -0.4 is 22.1 Å². The minimum atomic E-state index is -0.776. The van der Waals surface area contributed by atoms with E-state index in [0.717, 1.165) is 31.7 Å². The number of nitrogens with two attached hydrogens (primary N) is 2. The van der Waals surface area contributed by atoms with Gasteiger partial charge in [0, 0.05) is 22.8 Å². The molecule has 0 saturated heterocycles. The summed E-state index contributed by atoms with van der Waals surface area (Å²) < 4.78 is 14.5. The van der Waals surface area contributed by atoms with Gasteiger partial charge < -0.3 is 22.1 Å². The van der Waals surface area contributed by atoms with E-state index < -0.39 is 11.7 Å². The normalized spacial score (nSPS) is 19.8. The molecule has 0 radical (unpaired) electrons. The van der Waals surface area contributed by atoms with E-state index in [0.29, 0.717) is 10.7 Å². The van der Waals surface area contributed by atoms with Gasteiger partial charge in [-0.2, -0.15) is 0 Å². The van der Waals surface area contributed by atoms with Gasteiger partial charge in [-0.1, -0.05) is 30.5 Å². The predicted octanol–water partition coefficient (Wildman–Crippen LogP) is 3.40. The van der Waals surface area contributed by atoms with Crippen molar-refractivity contribution in [3.05, 3.63) is 46.7 Å². The van der Waals surface area contributed by atoms with Crippen LogP contribution in [0.2, 0.25) is 5.02 Å². The quantitative estimate of drug-likeness (QED) is 0.639. The second-order valence-corrected chi connectivity index (χ2v) is 6.85. The topological polar surface area (TPSA) is 106 Å². The predicted molar refractivity (Wildman–Crippen MR) is 101 cm³/mol. The van der Waals surface area contributed by atoms with Gasteiger partial charge in [0.25, 0.3) is 5.91 Å². The van der Waals surface area contributed by atoms with Crippen LogP contribution in [-0.4, -0.2) is 23.0 Å². The molecule has 6 nitrogen and oxygen atoms in total. The summed E-state index contributed by atoms with van der Waals surface area (Å²) in [6.45, 7) is 0. The summed E-state index contributed by atoms with van der Waals surface area (Å²) in [5.74, 6) is -1.22. The van der Waals surface area contributed by atoms with Crippen LogP contribution >= 0.6 is 11.6 Å². The number of nitrogens with zero attached hydrogens (tertiary/aromatic N) is 1. The van der Waals surface area contributed by atoms with Gasteiger partial charge in [0.1, 0.15) is 5.82 Å². The molecule has 1 amide bonds. The summed E-state index contributed by atoms with van der Waals surface area (Å²) in [7, 11) is 0. The van der Waals surface area contributed by atoms with Crippen molar-refractivity contribution in [1.29, 1.82) is 0 Å². The molecule has 8 heteroatoms. The summed E-state index contributed by atoms with van der Waals surface area (Å²) in [6.07, 6.45) is 3.82. The van der Waals surface area contributed by atoms with Crippen LogP contribution in [0.4, 0.5) is 21.7 Å². The van der Waals surface area contributed by atoms with Gasteiger partial charge in [0.15, 0.2) is 11.6 Å². The molecule has 2 atom stereocenters. The molecule has 0 spiro atoms. The third kappa shape index (κ3) is 4.23. The fourth-order valence-corrected chi connectivity index (χ4v) is 3.28. The average Bonchev–Trinajstić information content (AvgIpc) is 2.59. The lowest BCUT2D eigenvalue weighted by Crippen LogP contribution is -2.43. The molecule has 1 fully saturated rings. The molecule has 1 saturated carbocycles. The van der Waals surface area contributed by atoms with Crippen molar-refractivity contribution in [1.82, 2.24) is 4.98 Å². The third-order valence-electron chi connectivity index (χ3n) is 4.47. The highest BCUT2D eigenvalue weighted by Crippen LogP contribution is 2.27. The van der Waals surface area contributed by atoms with E-state index in [9.17, 15) is 9.18 Å². The van der Waals surface area contributed by atoms with Gasteiger partial charge in [-0.05, 0) is 37.1 Å². The van der Waals surface area contributed by atoms with E-state index in [2.05, 4.69) is 15.6 Å². The van der Waals surface area contributed by atoms with Crippen LogP contribution in [0.15, 0.2) is 30.3 Å². The maximum Gasteiger partial charge on any atom is 0.252 e. The van der Waals surface area contributed by atoms with Crippen molar-refractivity contribution in [2.45, 2.75) is 37.8 Å². The summed E-state index contributed by atoms with van der Waals surface area (Å²) in [6, 6.07) is 7.84. The maximum atomic E-state index is 14.5. The molecule has 1 aliphatic rings. The standard InChI is InChI=1S/C18H21ClFN5O/c19-10-4-3-5-11(8-10)23-17-12(16(22)26)9-13(20)18(25-17)24-15-7-2-1-6-14(15)21/h3-5,8-9,14-15H,1-2,6-7,21H2,(H2,22,26)(H2,23,24,25)/t14-,15?/m0/s1. The largest absolute Gasteiger partial charge is 0.365 e. The number of amides is 1. The van der Waals surface area contributed by atoms with E-state index in [-0.39, 0.29) is 29.3 Å². The number of nitrogens with one attached hydrogen (secondary N) is 2. The lowest BCUT2D eigenvalue weighted by Gasteiger charge is -2.30. The minimum Gasteiger partial charge on any atom is -0.365 e. The molecule has 1 heterocycles. The number of halogens is 2. The number of pyridine rings is 1. The number of hydrogen-bond donors (Lipinski definition) is 4. The van der Waals surface area contributed by atoms with E-state index in [4.69, 9.17) is 23.1 Å². The Hall–Kier alpha value is -2.38. The Bertz CT molecular complexity index is 816. The Kier molecular flexibility index (Phi) is 5.58. The number of carbonyl (C=O) groups excluding carboxylic acids is 1. The monoisotopic (exact) mass is 377 g/mol. The summed E-state index contributed by atoms with van der Waals surface area (Å²) in [4.78, 5) is 15.9. The first-order valence-corrected chi connectivity index (χ1v) is 8.87. The Morgan fingerprint density at radius 2 is 2.00 bits per heavy atom. The number of rotatable bonds is 5. The Labute approximate surface area is 156 Å². The summed E-state index contributed by atoms with van der Waals surface area (Å²) in [5, 5.41) is 6.57. The summed E-state index contributed by atoms with van der Waals surface area (Å²) in [5.41, 5.74) is 12.1. The van der Waals surface area contributed by atoms with Gasteiger partial charge in [-0.3, -0.25) is 4.79 Å². The number of primary amides is 1. The van der Waals surface area contributed by atoms with Crippen molar-refractivity contribution < 1.29 is 9.18 Å². The van der Waals surface area contributed by atoms with E-state index in [1.54, 1.807) is 24.3 Å². The highest BCUT2D eigenvalue weighted by Gasteiger charge is 2.24. The van der Waals surface area contributed by atoms with Crippen LogP contribution in [0.1, 0.15) is 36.0 Å². The van der Waals surface area contributed by atoms with E-state index >= 15 is 0 Å². The van der Waals surface area contributed by atoms with Crippen LogP contribution in [-0.2, 0) is 0 Å². The van der Waals surface area contributed by atoms with Crippen molar-refractivity contribution >= 4 is 34.8 Å². The van der Waals surface area contributed by atoms with E-state index in [1.807, 2.05) is 0 Å². The Morgan fingerprint density at radius 1 is 1.23 bits per heavy atom. The zero-order valence-corrected chi connectivity index (χ0v) is 14.9. The SMILES string of the molecule is NC(=O)c1cc(F)c(NC2CCCC[C@@H]2N)nc1Nc1cccc(Cl)c1. The number of benzene rings is 1. The van der Waals surface area contributed by atoms with Crippen LogP contribution in [0.5, 0.6) is 0 Å². The van der Waals surface area contributed by atoms with E-state index in [1.165, 1.54) is 0 Å². The summed E-state index contributed by atoms with van der Waals surface area (Å²) >= 11 is 5.98. The zero-order valence-electron chi connectivity index (χ0n) is 14.1. The zero-order chi connectivity index (χ0) is 18.7. The van der Waals surface area contributed by atoms with Gasteiger partial charge in [0.05, 0.1) is 5.56 Å². The smallest absolute Gasteiger partial charge is 0.252 e. The average molecular weight is 378 g/mol. The number of anilines is 3. The second kappa shape index (κ2) is 7.88. The molecule has 138 valence electrons. The van der Waals surface area contributed by atoms with Crippen molar-refractivity contribution in [3.63, 3.8) is 0 Å². The molecule has 1 aromatic carbocycles. The Balaban J connectivity index is 1.92. The first-order chi connectivity index (χ1) is 12.4. The second-order valence-electron chi connectivity index (χ2n) is 6.41. The third-order valence-corrected chi connectivity index (χ3v) is 4.71. The fourth-order valence-electron chi connectivity index (χ4n) is 3.09. The van der Waals surface area contributed by atoms with Crippen LogP contribution in [0.3, 0.4) is 0 Å². The van der Waals surface area contributed by atoms with Gasteiger partial charge in [0.2, 0.25) is 0 Å². The van der Waals surface area contributed by atoms with Crippen molar-refractivity contribution in [3.8, 4) is 0 Å². The van der Waals surface area contributed by atoms with Gasteiger partial charge >= 0.3 is 0 Å². The molecule has 1 unspecified atom stereocenters.